The van der Waals surface area contributed by atoms with Crippen molar-refractivity contribution in [2.75, 3.05) is 11.9 Å². The van der Waals surface area contributed by atoms with Crippen molar-refractivity contribution in [2.45, 2.75) is 53.9 Å². The Hall–Kier alpha value is -2.55. The maximum atomic E-state index is 12.1. The second kappa shape index (κ2) is 10.1. The minimum absolute atomic E-state index is 0.0204. The molecule has 2 aromatic rings. The Morgan fingerprint density at radius 2 is 1.75 bits per heavy atom. The van der Waals surface area contributed by atoms with Crippen molar-refractivity contribution in [3.63, 3.8) is 0 Å². The summed E-state index contributed by atoms with van der Waals surface area (Å²) in [6.45, 7) is 10.6. The maximum absolute atomic E-state index is 12.1. The Morgan fingerprint density at radius 3 is 2.36 bits per heavy atom. The van der Waals surface area contributed by atoms with Crippen LogP contribution in [0.1, 0.15) is 58.6 Å². The third-order valence-corrected chi connectivity index (χ3v) is 4.64. The number of hydrogen-bond donors (Lipinski definition) is 1. The van der Waals surface area contributed by atoms with Gasteiger partial charge in [-0.3, -0.25) is 4.79 Å². The van der Waals surface area contributed by atoms with Gasteiger partial charge in [0.05, 0.1) is 6.61 Å². The molecule has 2 aromatic carbocycles. The SMILES string of the molecule is C/C=C(\CCC)c1ccccc1OCCc1ccc(NC(=O)C(C)(C)C)cc1. The zero-order chi connectivity index (χ0) is 20.6. The van der Waals surface area contributed by atoms with Crippen LogP contribution in [0.2, 0.25) is 0 Å². The lowest BCUT2D eigenvalue weighted by Gasteiger charge is -2.17. The lowest BCUT2D eigenvalue weighted by Crippen LogP contribution is -2.27. The average molecular weight is 380 g/mol. The van der Waals surface area contributed by atoms with Crippen LogP contribution >= 0.6 is 0 Å². The summed E-state index contributed by atoms with van der Waals surface area (Å²) in [5, 5.41) is 2.95. The number of benzene rings is 2. The largest absolute Gasteiger partial charge is 0.493 e. The van der Waals surface area contributed by atoms with Gasteiger partial charge in [-0.15, -0.1) is 0 Å². The number of para-hydroxylation sites is 1. The molecule has 0 unspecified atom stereocenters. The maximum Gasteiger partial charge on any atom is 0.229 e. The first-order chi connectivity index (χ1) is 13.3. The van der Waals surface area contributed by atoms with Crippen LogP contribution in [0.15, 0.2) is 54.6 Å². The quantitative estimate of drug-likeness (QED) is 0.569. The predicted molar refractivity (Wildman–Crippen MR) is 119 cm³/mol. The number of nitrogens with one attached hydrogen (secondary N) is 1. The Kier molecular flexibility index (Phi) is 7.86. The van der Waals surface area contributed by atoms with E-state index < -0.39 is 5.41 Å². The highest BCUT2D eigenvalue weighted by molar-refractivity contribution is 5.94. The number of carbonyl (C=O) groups is 1. The van der Waals surface area contributed by atoms with Gasteiger partial charge in [0.1, 0.15) is 5.75 Å². The van der Waals surface area contributed by atoms with Gasteiger partial charge in [0.2, 0.25) is 5.91 Å². The van der Waals surface area contributed by atoms with Gasteiger partial charge in [-0.1, -0.05) is 70.5 Å². The highest BCUT2D eigenvalue weighted by Gasteiger charge is 2.20. The highest BCUT2D eigenvalue weighted by atomic mass is 16.5. The van der Waals surface area contributed by atoms with Gasteiger partial charge in [-0.2, -0.15) is 0 Å². The molecule has 0 aliphatic heterocycles. The van der Waals surface area contributed by atoms with Gasteiger partial charge >= 0.3 is 0 Å². The zero-order valence-corrected chi connectivity index (χ0v) is 17.8. The van der Waals surface area contributed by atoms with Crippen LogP contribution in [0.5, 0.6) is 5.75 Å². The molecular formula is C25H33NO2. The molecule has 1 amide bonds. The number of amides is 1. The molecular weight excluding hydrogens is 346 g/mol. The molecule has 2 rings (SSSR count). The molecule has 3 nitrogen and oxygen atoms in total. The molecule has 0 fully saturated rings. The van der Waals surface area contributed by atoms with E-state index in [0.717, 1.165) is 30.7 Å². The first-order valence-corrected chi connectivity index (χ1v) is 10.1. The van der Waals surface area contributed by atoms with Crippen molar-refractivity contribution < 1.29 is 9.53 Å². The summed E-state index contributed by atoms with van der Waals surface area (Å²) < 4.78 is 6.10. The van der Waals surface area contributed by atoms with E-state index in [1.165, 1.54) is 16.7 Å². The Balaban J connectivity index is 1.95. The van der Waals surface area contributed by atoms with E-state index in [0.29, 0.717) is 6.61 Å². The van der Waals surface area contributed by atoms with E-state index in [1.807, 2.05) is 57.2 Å². The van der Waals surface area contributed by atoms with E-state index in [9.17, 15) is 4.79 Å². The number of anilines is 1. The lowest BCUT2D eigenvalue weighted by molar-refractivity contribution is -0.123. The molecule has 0 saturated carbocycles. The van der Waals surface area contributed by atoms with Gasteiger partial charge in [0, 0.05) is 23.1 Å². The first kappa shape index (κ1) is 21.7. The Morgan fingerprint density at radius 1 is 1.07 bits per heavy atom. The van der Waals surface area contributed by atoms with Crippen LogP contribution < -0.4 is 10.1 Å². The van der Waals surface area contributed by atoms with Crippen molar-refractivity contribution >= 4 is 17.2 Å². The molecule has 0 bridgehead atoms. The fraction of sp³-hybridized carbons (Fsp3) is 0.400. The molecule has 0 spiro atoms. The molecule has 3 heteroatoms. The van der Waals surface area contributed by atoms with Gasteiger partial charge in [-0.25, -0.2) is 0 Å². The fourth-order valence-electron chi connectivity index (χ4n) is 2.91. The summed E-state index contributed by atoms with van der Waals surface area (Å²) in [5.74, 6) is 0.963. The number of ether oxygens (including phenoxy) is 1. The van der Waals surface area contributed by atoms with Crippen molar-refractivity contribution in [1.82, 2.24) is 0 Å². The number of carbonyl (C=O) groups excluding carboxylic acids is 1. The topological polar surface area (TPSA) is 38.3 Å². The number of rotatable bonds is 8. The third-order valence-electron chi connectivity index (χ3n) is 4.64. The van der Waals surface area contributed by atoms with Crippen LogP contribution in [0.25, 0.3) is 5.57 Å². The van der Waals surface area contributed by atoms with Crippen molar-refractivity contribution in [1.29, 1.82) is 0 Å². The van der Waals surface area contributed by atoms with Crippen LogP contribution in [0.3, 0.4) is 0 Å². The molecule has 1 N–H and O–H groups in total. The normalized spacial score (nSPS) is 12.0. The van der Waals surface area contributed by atoms with E-state index >= 15 is 0 Å². The standard InChI is InChI=1S/C25H33NO2/c1-6-10-20(7-2)22-11-8-9-12-23(22)28-18-17-19-13-15-21(16-14-19)26-24(27)25(3,4)5/h7-9,11-16H,6,10,17-18H2,1-5H3,(H,26,27)/b20-7+. The monoisotopic (exact) mass is 379 g/mol. The van der Waals surface area contributed by atoms with Crippen LogP contribution in [0, 0.1) is 5.41 Å². The highest BCUT2D eigenvalue weighted by Crippen LogP contribution is 2.29. The van der Waals surface area contributed by atoms with E-state index in [4.69, 9.17) is 4.74 Å². The first-order valence-electron chi connectivity index (χ1n) is 10.1. The van der Waals surface area contributed by atoms with Gasteiger partial charge in [0.15, 0.2) is 0 Å². The van der Waals surface area contributed by atoms with Crippen LogP contribution in [-0.4, -0.2) is 12.5 Å². The fourth-order valence-corrected chi connectivity index (χ4v) is 2.91. The molecule has 0 saturated heterocycles. The summed E-state index contributed by atoms with van der Waals surface area (Å²) >= 11 is 0. The second-order valence-corrected chi connectivity index (χ2v) is 8.06. The summed E-state index contributed by atoms with van der Waals surface area (Å²) in [6, 6.07) is 16.2. The van der Waals surface area contributed by atoms with Crippen molar-refractivity contribution in [2.24, 2.45) is 5.41 Å². The molecule has 0 aromatic heterocycles. The Labute approximate surface area is 169 Å². The van der Waals surface area contributed by atoms with Crippen LogP contribution in [0.4, 0.5) is 5.69 Å². The Bertz CT molecular complexity index is 798. The summed E-state index contributed by atoms with van der Waals surface area (Å²) in [5.41, 5.74) is 4.13. The van der Waals surface area contributed by atoms with Crippen molar-refractivity contribution in [3.8, 4) is 5.75 Å². The minimum atomic E-state index is -0.399. The summed E-state index contributed by atoms with van der Waals surface area (Å²) in [7, 11) is 0. The third kappa shape index (κ3) is 6.26. The predicted octanol–water partition coefficient (Wildman–Crippen LogP) is 6.50. The summed E-state index contributed by atoms with van der Waals surface area (Å²) in [4.78, 5) is 12.1. The molecule has 0 aliphatic rings. The smallest absolute Gasteiger partial charge is 0.229 e. The minimum Gasteiger partial charge on any atom is -0.493 e. The van der Waals surface area contributed by atoms with Crippen molar-refractivity contribution in [3.05, 3.63) is 65.7 Å². The number of hydrogen-bond acceptors (Lipinski definition) is 2. The average Bonchev–Trinajstić information content (AvgIpc) is 2.67. The van der Waals surface area contributed by atoms with Gasteiger partial charge in [0.25, 0.3) is 0 Å². The van der Waals surface area contributed by atoms with E-state index in [1.54, 1.807) is 0 Å². The molecule has 28 heavy (non-hydrogen) atoms. The zero-order valence-electron chi connectivity index (χ0n) is 17.8. The molecule has 0 radical (unpaired) electrons. The van der Waals surface area contributed by atoms with E-state index in [-0.39, 0.29) is 5.91 Å². The van der Waals surface area contributed by atoms with Gasteiger partial charge in [-0.05, 0) is 42.7 Å². The van der Waals surface area contributed by atoms with Crippen LogP contribution in [-0.2, 0) is 11.2 Å². The molecule has 0 atom stereocenters. The number of allylic oxidation sites excluding steroid dienone is 2. The molecule has 0 heterocycles. The van der Waals surface area contributed by atoms with E-state index in [2.05, 4.69) is 37.4 Å². The van der Waals surface area contributed by atoms with Gasteiger partial charge < -0.3 is 10.1 Å². The molecule has 150 valence electrons. The lowest BCUT2D eigenvalue weighted by atomic mass is 9.95. The second-order valence-electron chi connectivity index (χ2n) is 8.06. The summed E-state index contributed by atoms with van der Waals surface area (Å²) in [6.07, 6.45) is 5.17. The molecule has 0 aliphatic carbocycles.